The normalized spacial score (nSPS) is 13.7. The highest BCUT2D eigenvalue weighted by atomic mass is 32.2. The van der Waals surface area contributed by atoms with Crippen LogP contribution in [0.4, 0.5) is 26.3 Å². The predicted octanol–water partition coefficient (Wildman–Crippen LogP) is 1.25. The van der Waals surface area contributed by atoms with Crippen LogP contribution in [-0.4, -0.2) is 78.7 Å². The zero-order valence-electron chi connectivity index (χ0n) is 21.0. The number of imidazole rings is 1. The fourth-order valence-electron chi connectivity index (χ4n) is 3.94. The van der Waals surface area contributed by atoms with E-state index in [1.165, 1.54) is 12.1 Å². The summed E-state index contributed by atoms with van der Waals surface area (Å²) in [6.07, 6.45) is -12.9. The Morgan fingerprint density at radius 2 is 1.70 bits per heavy atom. The Kier molecular flexibility index (Phi) is 7.88. The number of fused-ring (bicyclic) bond motifs is 1. The number of rotatable bonds is 8. The van der Waals surface area contributed by atoms with Crippen molar-refractivity contribution in [2.45, 2.75) is 28.4 Å². The van der Waals surface area contributed by atoms with Gasteiger partial charge in [-0.3, -0.25) is 5.73 Å². The van der Waals surface area contributed by atoms with Gasteiger partial charge in [-0.05, 0) is 29.0 Å². The van der Waals surface area contributed by atoms with Gasteiger partial charge in [0, 0.05) is 5.56 Å². The van der Waals surface area contributed by atoms with Gasteiger partial charge in [0.25, 0.3) is 0 Å². The molecule has 43 heavy (non-hydrogen) atoms. The number of sulfonamides is 1. The standard InChI is InChI=1S/C20H16F6N8O7S2/c1-40-9-4-2-8(13-14(9)30-17(29-13)19(21,22)23)7-3-5-10(15(43(28,38)39)12(7)16-31-33-34-32-16)42(36,37)6-11(27)41-18(35)20(24,25)26/h2-5,11H,6,27H2,1H3,(H,29,30)(H2,28,38,39)(H,31,32,33,34). The molecule has 0 aliphatic rings. The molecule has 15 nitrogen and oxygen atoms in total. The quantitative estimate of drug-likeness (QED) is 0.119. The minimum absolute atomic E-state index is 0.101. The number of alkyl halides is 6. The maximum atomic E-state index is 13.5. The Morgan fingerprint density at radius 3 is 2.23 bits per heavy atom. The first-order valence-electron chi connectivity index (χ1n) is 11.1. The summed E-state index contributed by atoms with van der Waals surface area (Å²) in [5.74, 6) is -6.53. The van der Waals surface area contributed by atoms with Crippen LogP contribution in [0.2, 0.25) is 0 Å². The zero-order valence-corrected chi connectivity index (χ0v) is 22.6. The van der Waals surface area contributed by atoms with Crippen LogP contribution in [0.3, 0.4) is 0 Å². The van der Waals surface area contributed by atoms with Crippen molar-refractivity contribution >= 4 is 36.9 Å². The highest BCUT2D eigenvalue weighted by molar-refractivity contribution is 7.93. The van der Waals surface area contributed by atoms with Crippen molar-refractivity contribution in [1.29, 1.82) is 0 Å². The van der Waals surface area contributed by atoms with E-state index in [-0.39, 0.29) is 22.4 Å². The summed E-state index contributed by atoms with van der Waals surface area (Å²) in [6.45, 7) is 0. The molecule has 0 aliphatic carbocycles. The first kappa shape index (κ1) is 31.6. The predicted molar refractivity (Wildman–Crippen MR) is 130 cm³/mol. The van der Waals surface area contributed by atoms with Gasteiger partial charge in [-0.15, -0.1) is 10.2 Å². The highest BCUT2D eigenvalue weighted by Gasteiger charge is 2.43. The summed E-state index contributed by atoms with van der Waals surface area (Å²) >= 11 is 0. The number of carbonyl (C=O) groups is 1. The number of primary sulfonamides is 1. The molecule has 1 unspecified atom stereocenters. The first-order chi connectivity index (χ1) is 19.8. The number of halogens is 6. The number of sulfone groups is 1. The van der Waals surface area contributed by atoms with Crippen molar-refractivity contribution in [2.75, 3.05) is 12.9 Å². The summed E-state index contributed by atoms with van der Waals surface area (Å²) in [7, 11) is -9.03. The molecule has 232 valence electrons. The molecule has 6 N–H and O–H groups in total. The summed E-state index contributed by atoms with van der Waals surface area (Å²) in [5, 5.41) is 17.9. The Bertz CT molecular complexity index is 1930. The number of nitrogens with zero attached hydrogens (tertiary/aromatic N) is 4. The number of aromatic amines is 2. The van der Waals surface area contributed by atoms with Crippen LogP contribution in [-0.2, 0) is 35.6 Å². The second-order valence-corrected chi connectivity index (χ2v) is 11.9. The molecule has 23 heteroatoms. The number of nitrogens with two attached hydrogens (primary N) is 2. The fraction of sp³-hybridized carbons (Fsp3) is 0.250. The molecule has 4 rings (SSSR count). The van der Waals surface area contributed by atoms with Crippen molar-refractivity contribution in [3.05, 3.63) is 30.1 Å². The van der Waals surface area contributed by atoms with Crippen molar-refractivity contribution in [2.24, 2.45) is 10.9 Å². The van der Waals surface area contributed by atoms with E-state index in [4.69, 9.17) is 15.6 Å². The molecule has 0 fully saturated rings. The molecule has 0 aliphatic heterocycles. The number of hydrogen-bond acceptors (Lipinski definition) is 12. The minimum Gasteiger partial charge on any atom is -0.494 e. The molecule has 0 bridgehead atoms. The largest absolute Gasteiger partial charge is 0.494 e. The van der Waals surface area contributed by atoms with E-state index in [2.05, 4.69) is 30.1 Å². The van der Waals surface area contributed by atoms with Crippen molar-refractivity contribution in [3.8, 4) is 28.3 Å². The first-order valence-corrected chi connectivity index (χ1v) is 14.3. The number of nitrogens with one attached hydrogen (secondary N) is 2. The average molecular weight is 659 g/mol. The van der Waals surface area contributed by atoms with Crippen molar-refractivity contribution in [1.82, 2.24) is 30.6 Å². The third-order valence-corrected chi connectivity index (χ3v) is 8.47. The number of hydrogen-bond donors (Lipinski definition) is 4. The van der Waals surface area contributed by atoms with E-state index >= 15 is 0 Å². The highest BCUT2D eigenvalue weighted by Crippen LogP contribution is 2.43. The minimum atomic E-state index is -5.53. The number of H-pyrrole nitrogens is 2. The number of carbonyl (C=O) groups excluding carboxylic acids is 1. The SMILES string of the molecule is COc1ccc(-c2ccc(S(=O)(=O)CC(N)OC(=O)C(F)(F)F)c(S(N)(=O)=O)c2-c2nn[nH]n2)c2nc(C(F)(F)F)[nH]c12. The smallest absolute Gasteiger partial charge is 0.490 e. The molecule has 0 saturated carbocycles. The zero-order chi connectivity index (χ0) is 32.1. The number of aromatic nitrogens is 6. The molecule has 0 amide bonds. The van der Waals surface area contributed by atoms with Crippen LogP contribution < -0.4 is 15.6 Å². The van der Waals surface area contributed by atoms with E-state index in [1.807, 2.05) is 5.21 Å². The number of ether oxygens (including phenoxy) is 2. The Hall–Kier alpha value is -4.35. The lowest BCUT2D eigenvalue weighted by atomic mass is 9.97. The topological polar surface area (TPSA) is 239 Å². The number of esters is 1. The van der Waals surface area contributed by atoms with Crippen molar-refractivity contribution < 1.29 is 57.4 Å². The van der Waals surface area contributed by atoms with Gasteiger partial charge >= 0.3 is 18.3 Å². The van der Waals surface area contributed by atoms with Crippen LogP contribution in [0.5, 0.6) is 5.75 Å². The summed E-state index contributed by atoms with van der Waals surface area (Å²) in [6, 6.07) is 3.96. The molecule has 4 aromatic rings. The molecule has 1 atom stereocenters. The lowest BCUT2D eigenvalue weighted by Gasteiger charge is -2.18. The van der Waals surface area contributed by atoms with E-state index in [0.29, 0.717) is 6.07 Å². The second-order valence-electron chi connectivity index (χ2n) is 8.44. The van der Waals surface area contributed by atoms with Gasteiger partial charge < -0.3 is 14.5 Å². The summed E-state index contributed by atoms with van der Waals surface area (Å²) < 4.78 is 139. The third-order valence-electron chi connectivity index (χ3n) is 5.57. The van der Waals surface area contributed by atoms with E-state index in [1.54, 1.807) is 0 Å². The monoisotopic (exact) mass is 658 g/mol. The maximum Gasteiger partial charge on any atom is 0.490 e. The van der Waals surface area contributed by atoms with Gasteiger partial charge in [0.05, 0.1) is 17.6 Å². The summed E-state index contributed by atoms with van der Waals surface area (Å²) in [5.41, 5.74) is 3.36. The van der Waals surface area contributed by atoms with Crippen LogP contribution in [0, 0.1) is 0 Å². The second kappa shape index (κ2) is 10.7. The van der Waals surface area contributed by atoms with Gasteiger partial charge in [-0.1, -0.05) is 6.07 Å². The molecule has 2 aromatic carbocycles. The molecular weight excluding hydrogens is 642 g/mol. The third kappa shape index (κ3) is 6.23. The van der Waals surface area contributed by atoms with Gasteiger partial charge in [-0.25, -0.2) is 31.8 Å². The molecule has 2 heterocycles. The molecule has 0 spiro atoms. The molecule has 0 radical (unpaired) electrons. The van der Waals surface area contributed by atoms with E-state index in [9.17, 15) is 48.0 Å². The fourth-order valence-corrected chi connectivity index (χ4v) is 6.84. The van der Waals surface area contributed by atoms with Crippen LogP contribution in [0.25, 0.3) is 33.5 Å². The molecule has 0 saturated heterocycles. The average Bonchev–Trinajstić information content (AvgIpc) is 3.56. The van der Waals surface area contributed by atoms with Gasteiger partial charge in [-0.2, -0.15) is 31.6 Å². The molecule has 2 aromatic heterocycles. The molecular formula is C20H16F6N8O7S2. The van der Waals surface area contributed by atoms with Crippen LogP contribution in [0.15, 0.2) is 34.1 Å². The van der Waals surface area contributed by atoms with Crippen molar-refractivity contribution in [3.63, 3.8) is 0 Å². The number of tetrazole rings is 1. The van der Waals surface area contributed by atoms with E-state index < -0.39 is 82.7 Å². The Morgan fingerprint density at radius 1 is 1.05 bits per heavy atom. The van der Waals surface area contributed by atoms with Gasteiger partial charge in [0.15, 0.2) is 16.1 Å². The number of methoxy groups -OCH3 is 1. The van der Waals surface area contributed by atoms with Crippen LogP contribution >= 0.6 is 0 Å². The lowest BCUT2D eigenvalue weighted by molar-refractivity contribution is -0.203. The number of benzene rings is 2. The Labute approximate surface area is 235 Å². The van der Waals surface area contributed by atoms with Crippen LogP contribution in [0.1, 0.15) is 5.82 Å². The summed E-state index contributed by atoms with van der Waals surface area (Å²) in [4.78, 5) is 14.4. The Balaban J connectivity index is 2.01. The van der Waals surface area contributed by atoms with E-state index in [0.717, 1.165) is 13.2 Å². The van der Waals surface area contributed by atoms with Gasteiger partial charge in [0.2, 0.25) is 21.7 Å². The lowest BCUT2D eigenvalue weighted by Crippen LogP contribution is -2.39. The van der Waals surface area contributed by atoms with Gasteiger partial charge in [0.1, 0.15) is 27.4 Å². The maximum absolute atomic E-state index is 13.5.